The largest absolute Gasteiger partial charge is 0.506 e. The summed E-state index contributed by atoms with van der Waals surface area (Å²) in [5.74, 6) is -2.66. The van der Waals surface area contributed by atoms with Crippen molar-refractivity contribution in [2.75, 3.05) is 29.9 Å². The summed E-state index contributed by atoms with van der Waals surface area (Å²) in [5.41, 5.74) is -1.88. The number of carbonyl (C=O) groups is 2. The molecule has 2 aliphatic rings. The SMILES string of the molecule is O=C1CCc2c(OC[C@]3(O)CCN(c4c(F)cc(Cl)cc4F)C[C@H]3OC(=O)O)ccc(F)c2N1. The van der Waals surface area contributed by atoms with E-state index in [4.69, 9.17) is 26.2 Å². The molecular formula is C22H20ClF3N2O6. The number of carbonyl (C=O) groups excluding carboxylic acids is 1. The number of hydrogen-bond acceptors (Lipinski definition) is 6. The molecule has 2 atom stereocenters. The number of amides is 1. The zero-order valence-corrected chi connectivity index (χ0v) is 18.4. The van der Waals surface area contributed by atoms with Crippen LogP contribution >= 0.6 is 11.6 Å². The van der Waals surface area contributed by atoms with Gasteiger partial charge >= 0.3 is 6.16 Å². The number of hydrogen-bond donors (Lipinski definition) is 3. The van der Waals surface area contributed by atoms with Crippen molar-refractivity contribution in [3.8, 4) is 5.75 Å². The number of ether oxygens (including phenoxy) is 2. The maximum absolute atomic E-state index is 14.4. The average molecular weight is 501 g/mol. The fourth-order valence-electron chi connectivity index (χ4n) is 4.19. The van der Waals surface area contributed by atoms with Crippen LogP contribution < -0.4 is 15.0 Å². The predicted octanol–water partition coefficient (Wildman–Crippen LogP) is 3.73. The monoisotopic (exact) mass is 500 g/mol. The van der Waals surface area contributed by atoms with Crippen LogP contribution in [0.25, 0.3) is 0 Å². The second-order valence-electron chi connectivity index (χ2n) is 8.13. The summed E-state index contributed by atoms with van der Waals surface area (Å²) in [6.45, 7) is -0.859. The second kappa shape index (κ2) is 9.22. The van der Waals surface area contributed by atoms with Crippen molar-refractivity contribution in [3.05, 3.63) is 52.3 Å². The summed E-state index contributed by atoms with van der Waals surface area (Å²) >= 11 is 5.67. The van der Waals surface area contributed by atoms with Gasteiger partial charge in [0.1, 0.15) is 29.5 Å². The highest BCUT2D eigenvalue weighted by molar-refractivity contribution is 6.30. The maximum Gasteiger partial charge on any atom is 0.506 e. The fourth-order valence-corrected chi connectivity index (χ4v) is 4.38. The molecule has 0 aliphatic carbocycles. The van der Waals surface area contributed by atoms with E-state index < -0.39 is 47.6 Å². The molecule has 0 unspecified atom stereocenters. The number of halogens is 4. The van der Waals surface area contributed by atoms with Gasteiger partial charge in [0.05, 0.1) is 12.2 Å². The van der Waals surface area contributed by atoms with E-state index in [0.29, 0.717) is 5.56 Å². The van der Waals surface area contributed by atoms with Gasteiger partial charge < -0.3 is 29.9 Å². The Morgan fingerprint density at radius 2 is 1.91 bits per heavy atom. The Labute approximate surface area is 196 Å². The highest BCUT2D eigenvalue weighted by Crippen LogP contribution is 2.36. The lowest BCUT2D eigenvalue weighted by Gasteiger charge is -2.44. The lowest BCUT2D eigenvalue weighted by Crippen LogP contribution is -2.60. The summed E-state index contributed by atoms with van der Waals surface area (Å²) < 4.78 is 53.5. The van der Waals surface area contributed by atoms with Crippen molar-refractivity contribution in [3.63, 3.8) is 0 Å². The van der Waals surface area contributed by atoms with Crippen LogP contribution in [0.1, 0.15) is 18.4 Å². The Balaban J connectivity index is 1.56. The molecule has 3 N–H and O–H groups in total. The van der Waals surface area contributed by atoms with Crippen LogP contribution in [0.3, 0.4) is 0 Å². The van der Waals surface area contributed by atoms with E-state index in [9.17, 15) is 27.9 Å². The number of fused-ring (bicyclic) bond motifs is 1. The quantitative estimate of drug-likeness (QED) is 0.537. The third-order valence-corrected chi connectivity index (χ3v) is 6.12. The minimum absolute atomic E-state index is 0.0115. The van der Waals surface area contributed by atoms with Crippen LogP contribution in [-0.2, 0) is 16.0 Å². The molecule has 4 rings (SSSR count). The van der Waals surface area contributed by atoms with E-state index in [2.05, 4.69) is 5.32 Å². The lowest BCUT2D eigenvalue weighted by molar-refractivity contribution is -0.119. The van der Waals surface area contributed by atoms with Gasteiger partial charge in [0.25, 0.3) is 0 Å². The molecule has 2 aromatic rings. The Morgan fingerprint density at radius 1 is 1.21 bits per heavy atom. The number of rotatable bonds is 5. The molecule has 0 bridgehead atoms. The van der Waals surface area contributed by atoms with Crippen LogP contribution in [0.5, 0.6) is 5.75 Å². The summed E-state index contributed by atoms with van der Waals surface area (Å²) in [5, 5.41) is 22.7. The average Bonchev–Trinajstić information content (AvgIpc) is 2.75. The van der Waals surface area contributed by atoms with Crippen molar-refractivity contribution in [1.29, 1.82) is 0 Å². The third-order valence-electron chi connectivity index (χ3n) is 5.90. The highest BCUT2D eigenvalue weighted by Gasteiger charge is 2.46. The Bertz CT molecular complexity index is 1130. The van der Waals surface area contributed by atoms with Gasteiger partial charge in [-0.3, -0.25) is 4.79 Å². The molecule has 34 heavy (non-hydrogen) atoms. The molecule has 2 aliphatic heterocycles. The highest BCUT2D eigenvalue weighted by atomic mass is 35.5. The molecule has 1 fully saturated rings. The van der Waals surface area contributed by atoms with Crippen molar-refractivity contribution < 1.29 is 42.4 Å². The minimum atomic E-state index is -1.85. The van der Waals surface area contributed by atoms with E-state index in [1.165, 1.54) is 11.0 Å². The summed E-state index contributed by atoms with van der Waals surface area (Å²) in [7, 11) is 0. The first-order valence-corrected chi connectivity index (χ1v) is 10.7. The molecular weight excluding hydrogens is 481 g/mol. The first-order chi connectivity index (χ1) is 16.1. The van der Waals surface area contributed by atoms with Crippen LogP contribution in [0.4, 0.5) is 29.3 Å². The number of piperidine rings is 1. The van der Waals surface area contributed by atoms with Crippen LogP contribution in [-0.4, -0.2) is 53.7 Å². The van der Waals surface area contributed by atoms with Crippen LogP contribution in [0.15, 0.2) is 24.3 Å². The van der Waals surface area contributed by atoms with Gasteiger partial charge in [-0.05, 0) is 30.7 Å². The third kappa shape index (κ3) is 4.71. The molecule has 0 saturated carbocycles. The maximum atomic E-state index is 14.4. The fraction of sp³-hybridized carbons (Fsp3) is 0.364. The first-order valence-electron chi connectivity index (χ1n) is 10.3. The number of carboxylic acid groups (broad SMARTS) is 1. The molecule has 2 heterocycles. The van der Waals surface area contributed by atoms with Gasteiger partial charge in [-0.15, -0.1) is 0 Å². The van der Waals surface area contributed by atoms with Gasteiger partial charge in [-0.2, -0.15) is 0 Å². The first kappa shape index (κ1) is 24.0. The van der Waals surface area contributed by atoms with E-state index in [0.717, 1.165) is 18.2 Å². The van der Waals surface area contributed by atoms with Gasteiger partial charge in [0, 0.05) is 30.0 Å². The molecule has 12 heteroatoms. The van der Waals surface area contributed by atoms with Crippen molar-refractivity contribution in [1.82, 2.24) is 0 Å². The van der Waals surface area contributed by atoms with E-state index in [1.807, 2.05) is 0 Å². The Hall–Kier alpha value is -3.18. The minimum Gasteiger partial charge on any atom is -0.490 e. The molecule has 0 spiro atoms. The van der Waals surface area contributed by atoms with Gasteiger partial charge in [0.15, 0.2) is 17.7 Å². The molecule has 8 nitrogen and oxygen atoms in total. The smallest absolute Gasteiger partial charge is 0.490 e. The van der Waals surface area contributed by atoms with Crippen molar-refractivity contribution in [2.45, 2.75) is 31.0 Å². The number of anilines is 2. The molecule has 182 valence electrons. The number of nitrogens with one attached hydrogen (secondary N) is 1. The molecule has 2 aromatic carbocycles. The lowest BCUT2D eigenvalue weighted by atomic mass is 9.88. The zero-order chi connectivity index (χ0) is 24.6. The van der Waals surface area contributed by atoms with E-state index >= 15 is 0 Å². The molecule has 1 saturated heterocycles. The number of nitrogens with zero attached hydrogens (tertiary/aromatic N) is 1. The van der Waals surface area contributed by atoms with Gasteiger partial charge in [0.2, 0.25) is 5.91 Å². The Kier molecular flexibility index (Phi) is 6.50. The Morgan fingerprint density at radius 3 is 2.59 bits per heavy atom. The number of aliphatic hydroxyl groups is 1. The van der Waals surface area contributed by atoms with Crippen molar-refractivity contribution >= 4 is 35.0 Å². The zero-order valence-electron chi connectivity index (χ0n) is 17.6. The van der Waals surface area contributed by atoms with E-state index in [-0.39, 0.29) is 54.7 Å². The van der Waals surface area contributed by atoms with Crippen LogP contribution in [0, 0.1) is 17.5 Å². The summed E-state index contributed by atoms with van der Waals surface area (Å²) in [6, 6.07) is 4.29. The normalized spacial score (nSPS) is 22.1. The molecule has 0 radical (unpaired) electrons. The summed E-state index contributed by atoms with van der Waals surface area (Å²) in [6.07, 6.45) is -2.94. The predicted molar refractivity (Wildman–Crippen MR) is 115 cm³/mol. The van der Waals surface area contributed by atoms with E-state index in [1.54, 1.807) is 0 Å². The van der Waals surface area contributed by atoms with Crippen molar-refractivity contribution in [2.24, 2.45) is 0 Å². The topological polar surface area (TPSA) is 108 Å². The molecule has 0 aromatic heterocycles. The van der Waals surface area contributed by atoms with Gasteiger partial charge in [-0.1, -0.05) is 11.6 Å². The van der Waals surface area contributed by atoms with Crippen LogP contribution in [0.2, 0.25) is 5.02 Å². The standard InChI is InChI=1S/C22H20ClF3N2O6/c23-11-7-14(25)20(15(26)8-11)28-6-5-22(32,17(9-28)34-21(30)31)10-33-16-3-2-13(24)19-12(16)1-4-18(29)27-19/h2-3,7-8,17,32H,1,4-6,9-10H2,(H,27,29)(H,30,31)/t17-,22-/m1/s1. The second-order valence-corrected chi connectivity index (χ2v) is 8.56. The molecule has 1 amide bonds. The number of benzene rings is 2. The summed E-state index contributed by atoms with van der Waals surface area (Å²) in [4.78, 5) is 24.1. The van der Waals surface area contributed by atoms with Gasteiger partial charge in [-0.25, -0.2) is 18.0 Å².